The van der Waals surface area contributed by atoms with Gasteiger partial charge in [0.25, 0.3) is 0 Å². The Hall–Kier alpha value is -10.8. The van der Waals surface area contributed by atoms with Gasteiger partial charge in [-0.3, -0.25) is 0 Å². The van der Waals surface area contributed by atoms with Crippen LogP contribution in [0.2, 0.25) is 72.0 Å². The van der Waals surface area contributed by atoms with E-state index in [1.165, 1.54) is 90.7 Å². The summed E-state index contributed by atoms with van der Waals surface area (Å²) in [6.07, 6.45) is 7.19. The third kappa shape index (κ3) is 20.7. The van der Waals surface area contributed by atoms with Gasteiger partial charge >= 0.3 is 0 Å². The molecule has 20 rings (SSSR count). The number of hydrogen-bond acceptors (Lipinski definition) is 6. The number of nitrogens with zero attached hydrogens (tertiary/aromatic N) is 7. The fourth-order valence-electron chi connectivity index (χ4n) is 15.5. The van der Waals surface area contributed by atoms with Crippen molar-refractivity contribution in [3.8, 4) is 89.8 Å². The Labute approximate surface area is 795 Å². The van der Waals surface area contributed by atoms with E-state index in [0.717, 1.165) is 40.3 Å². The first-order valence-electron chi connectivity index (χ1n) is 46.6. The Balaban J connectivity index is 0.000000150. The summed E-state index contributed by atoms with van der Waals surface area (Å²) in [5.74, 6) is 0. The van der Waals surface area contributed by atoms with E-state index in [1.54, 1.807) is 72.9 Å². The molecule has 124 heavy (non-hydrogen) atoms. The van der Waals surface area contributed by atoms with Crippen molar-refractivity contribution >= 4 is 109 Å². The molecule has 0 atom stereocenters. The van der Waals surface area contributed by atoms with Gasteiger partial charge in [-0.25, -0.2) is 0 Å². The summed E-state index contributed by atoms with van der Waals surface area (Å²) < 4.78 is 92.5. The van der Waals surface area contributed by atoms with Crippen molar-refractivity contribution in [3.63, 3.8) is 0 Å². The van der Waals surface area contributed by atoms with E-state index in [2.05, 4.69) is 360 Å². The molecule has 0 unspecified atom stereocenters. The van der Waals surface area contributed by atoms with Crippen LogP contribution >= 0.6 is 0 Å². The van der Waals surface area contributed by atoms with Crippen molar-refractivity contribution in [2.24, 2.45) is 0 Å². The van der Waals surface area contributed by atoms with Crippen LogP contribution in [0.4, 0.5) is 0 Å². The van der Waals surface area contributed by atoms with E-state index in [-0.39, 0.29) is 144 Å². The normalized spacial score (nSPS) is 13.5. The van der Waals surface area contributed by atoms with E-state index in [1.807, 2.05) is 0 Å². The van der Waals surface area contributed by atoms with E-state index in [9.17, 15) is 0 Å². The summed E-state index contributed by atoms with van der Waals surface area (Å²) >= 11 is 0. The molecule has 0 saturated heterocycles. The Morgan fingerprint density at radius 3 is 1.27 bits per heavy atom. The quantitative estimate of drug-likeness (QED) is 0.0895. The molecule has 7 aromatic heterocycles. The minimum atomic E-state index is -2.43. The third-order valence-electron chi connectivity index (χ3n) is 21.9. The largest absolute Gasteiger partial charge is 0.381 e. The summed E-state index contributed by atoms with van der Waals surface area (Å²) in [5, 5.41) is 15.5. The molecule has 0 fully saturated rings. The SMILES string of the molecule is CCn1c2c[c-]c(-c3ccc([Si](C)(C)C)cn3)cc2c2ccccc21.C[Si](C)(C)c1ccc(-c2[c-]cc3c(c2)-c2ccccc2[Si]3(C)C)nc1.C[Si](C)(C)c1ccc(-c2[c-]cc3c(c2)-c2ccccc2[Si]3(c2ccccc2)c2ccccc2)nc1.[2H]c1[c-]c(-c2ccccn2)c([2H])c([2H])c1[2H].[2H]c1nc(-c2[c-]cccc2)c([2H])c([2H])c1[2H].[2H]c1nc(-c2[c-]cccc2)c([2H])c([2H])c1[2H].[Ir].[Ir].[Ir]. The van der Waals surface area contributed by atoms with Crippen LogP contribution in [0.3, 0.4) is 0 Å². The van der Waals surface area contributed by atoms with Crippen molar-refractivity contribution in [1.29, 1.82) is 0 Å². The zero-order chi connectivity index (χ0) is 94.6. The zero-order valence-electron chi connectivity index (χ0n) is 83.1. The molecular formula is C109H99Ir3N7Si5-6. The van der Waals surface area contributed by atoms with E-state index in [0.29, 0.717) is 22.4 Å². The minimum absolute atomic E-state index is 0. The molecule has 15 heteroatoms. The van der Waals surface area contributed by atoms with Gasteiger partial charge in [0, 0.05) is 112 Å². The number of hydrogen-bond donors (Lipinski definition) is 0. The summed E-state index contributed by atoms with van der Waals surface area (Å²) in [7, 11) is -8.02. The topological polar surface area (TPSA) is 82.3 Å². The molecule has 623 valence electrons. The van der Waals surface area contributed by atoms with Gasteiger partial charge < -0.3 is 34.5 Å². The first-order chi connectivity index (χ1) is 63.6. The van der Waals surface area contributed by atoms with Crippen molar-refractivity contribution in [3.05, 3.63) is 407 Å². The number of para-hydroxylation sites is 1. The number of aryl methyl sites for hydroxylation is 1. The molecule has 0 spiro atoms. The van der Waals surface area contributed by atoms with E-state index >= 15 is 0 Å². The average Bonchev–Trinajstić information content (AvgIpc) is 1.53. The monoisotopic (exact) mass is 2240 g/mol. The molecule has 0 amide bonds. The van der Waals surface area contributed by atoms with Gasteiger partial charge in [-0.1, -0.05) is 304 Å². The molecule has 18 aromatic rings. The van der Waals surface area contributed by atoms with Gasteiger partial charge in [-0.05, 0) is 111 Å². The Morgan fingerprint density at radius 2 is 0.774 bits per heavy atom. The molecule has 0 bridgehead atoms. The van der Waals surface area contributed by atoms with Crippen LogP contribution in [0.15, 0.2) is 371 Å². The van der Waals surface area contributed by atoms with Crippen molar-refractivity contribution in [2.75, 3.05) is 0 Å². The van der Waals surface area contributed by atoms with Crippen LogP contribution in [-0.4, -0.2) is 74.8 Å². The van der Waals surface area contributed by atoms with Gasteiger partial charge in [0.05, 0.1) is 43.3 Å². The summed E-state index contributed by atoms with van der Waals surface area (Å²) in [4.78, 5) is 26.1. The molecule has 9 heterocycles. The molecule has 0 saturated carbocycles. The van der Waals surface area contributed by atoms with Crippen LogP contribution in [0.1, 0.15) is 23.4 Å². The standard InChI is InChI=1S/C32H28NSi2.C22H23N2Si.C22H24NSi2.3C11H8N.3Ir/c1-34(2,3)27-19-20-30(33-23-27)24-18-21-32-29(22-24)28-16-10-11-17-31(28)35(32,25-12-6-4-7-13-25)26-14-8-5-9-15-26;1-5-24-21-9-7-6-8-18(21)19-14-16(10-13-22(19)24)20-12-11-17(15-23-20)25(2,3)4;1-24(2,3)17-11-12-20(23-15-17)16-10-13-22-19(14-16)18-8-6-7-9-21(18)25(22,4)5;3*1-2-6-10(7-3-1)11-8-4-5-9-12-11;;;/h4-17,19-23H,1-3H3;6-9,11-15H,5H2,1-4H3;6-9,11-15H,1-5H3;3*1-6,8-9H;;;/q6*-1;;;/i;;;2*4D,5D,8D,9D;1D,2D,3D,6D;;;. The molecule has 0 aliphatic carbocycles. The Morgan fingerprint density at radius 1 is 0.331 bits per heavy atom. The summed E-state index contributed by atoms with van der Waals surface area (Å²) in [6.45, 7) is 29.2. The second-order valence-electron chi connectivity index (χ2n) is 33.2. The number of rotatable bonds is 12. The van der Waals surface area contributed by atoms with Gasteiger partial charge in [0.15, 0.2) is 0 Å². The van der Waals surface area contributed by atoms with Crippen LogP contribution in [0.25, 0.3) is 112 Å². The molecule has 2 aliphatic rings. The van der Waals surface area contributed by atoms with Gasteiger partial charge in [-0.15, -0.1) is 189 Å². The fourth-order valence-corrected chi connectivity index (χ4v) is 26.7. The molecule has 0 N–H and O–H groups in total. The van der Waals surface area contributed by atoms with Gasteiger partial charge in [0.2, 0.25) is 0 Å². The first-order valence-corrected chi connectivity index (χ1v) is 56.1. The van der Waals surface area contributed by atoms with Crippen LogP contribution in [0, 0.1) is 36.4 Å². The molecular weight excluding hydrogens is 2120 g/mol. The maximum atomic E-state index is 7.71. The van der Waals surface area contributed by atoms with Gasteiger partial charge in [0.1, 0.15) is 8.07 Å². The van der Waals surface area contributed by atoms with Gasteiger partial charge in [-0.2, -0.15) is 0 Å². The fraction of sp³-hybridized carbons (Fsp3) is 0.119. The van der Waals surface area contributed by atoms with Crippen molar-refractivity contribution in [2.45, 2.75) is 85.5 Å². The van der Waals surface area contributed by atoms with E-state index in [4.69, 9.17) is 31.4 Å². The van der Waals surface area contributed by atoms with Crippen LogP contribution in [-0.2, 0) is 66.9 Å². The number of pyridine rings is 6. The Kier molecular flexibility index (Phi) is 25.6. The Bertz CT molecular complexity index is 7020. The second-order valence-corrected chi connectivity index (χ2v) is 56.5. The van der Waals surface area contributed by atoms with Crippen molar-refractivity contribution in [1.82, 2.24) is 34.5 Å². The zero-order valence-corrected chi connectivity index (χ0v) is 83.3. The predicted octanol–water partition coefficient (Wildman–Crippen LogP) is 21.2. The number of aromatic nitrogens is 7. The predicted molar refractivity (Wildman–Crippen MR) is 523 cm³/mol. The average molecular weight is 2240 g/mol. The van der Waals surface area contributed by atoms with Crippen LogP contribution < -0.4 is 46.7 Å². The molecule has 2 aliphatic heterocycles. The van der Waals surface area contributed by atoms with Crippen molar-refractivity contribution < 1.29 is 76.8 Å². The smallest absolute Gasteiger partial charge is 0.136 e. The summed E-state index contributed by atoms with van der Waals surface area (Å²) in [5.41, 5.74) is 16.6. The second kappa shape index (κ2) is 41.3. The molecule has 7 nitrogen and oxygen atoms in total. The maximum absolute atomic E-state index is 7.71. The number of fused-ring (bicyclic) bond motifs is 9. The maximum Gasteiger partial charge on any atom is 0.136 e. The third-order valence-corrected chi connectivity index (χ3v) is 36.4. The van der Waals surface area contributed by atoms with Crippen LogP contribution in [0.5, 0.6) is 0 Å². The molecule has 11 aromatic carbocycles. The minimum Gasteiger partial charge on any atom is -0.381 e. The molecule has 3 radical (unpaired) electrons. The number of benzene rings is 11. The summed E-state index contributed by atoms with van der Waals surface area (Å²) in [6, 6.07) is 111. The van der Waals surface area contributed by atoms with E-state index < -0.39 is 40.4 Å². The first kappa shape index (κ1) is 76.8.